The van der Waals surface area contributed by atoms with Gasteiger partial charge in [0.1, 0.15) is 5.82 Å². The van der Waals surface area contributed by atoms with E-state index < -0.39 is 0 Å². The third kappa shape index (κ3) is 5.73. The lowest BCUT2D eigenvalue weighted by molar-refractivity contribution is 0.549. The van der Waals surface area contributed by atoms with Gasteiger partial charge in [0, 0.05) is 0 Å². The number of hydrogen-bond donors (Lipinski definition) is 1. The van der Waals surface area contributed by atoms with E-state index in [1.807, 2.05) is 0 Å². The van der Waals surface area contributed by atoms with Crippen LogP contribution in [0.4, 0.5) is 0 Å². The largest absolute Gasteiger partial charge is 0.384 e. The molecule has 2 N–H and O–H groups in total. The molecule has 31 heavy (non-hydrogen) atoms. The van der Waals surface area contributed by atoms with Crippen LogP contribution in [-0.4, -0.2) is 5.71 Å². The van der Waals surface area contributed by atoms with Gasteiger partial charge in [0.2, 0.25) is 0 Å². The Labute approximate surface area is 187 Å². The molecule has 0 fully saturated rings. The van der Waals surface area contributed by atoms with Gasteiger partial charge >= 0.3 is 0 Å². The molecule has 2 nitrogen and oxygen atoms in total. The maximum atomic E-state index is 5.89. The quantitative estimate of drug-likeness (QED) is 0.489. The van der Waals surface area contributed by atoms with Crippen LogP contribution in [0.5, 0.6) is 0 Å². The molecule has 0 bridgehead atoms. The van der Waals surface area contributed by atoms with Gasteiger partial charge in [0.05, 0.1) is 5.71 Å². The second-order valence-electron chi connectivity index (χ2n) is 8.15. The normalized spacial score (nSPS) is 17.4. The standard InChI is InChI=1S/C29H34N2/c1-5-11-24(6-2)28-20-27(19-25(7-3)29(28)31-21(4)30)26-16-14-23(15-17-26)18-22-12-9-8-10-13-22/h7-10,12-17,19-20,24H,4-6,11,18,30H2,1-3H3/b25-7-,31-29+. The average Bonchev–Trinajstić information content (AvgIpc) is 2.78. The molecular formula is C29H34N2. The zero-order chi connectivity index (χ0) is 22.2. The van der Waals surface area contributed by atoms with Gasteiger partial charge in [-0.05, 0) is 77.7 Å². The molecule has 3 rings (SSSR count). The molecule has 1 aliphatic carbocycles. The highest BCUT2D eigenvalue weighted by Gasteiger charge is 2.23. The Kier molecular flexibility index (Phi) is 7.83. The maximum Gasteiger partial charge on any atom is 0.116 e. The SMILES string of the molecule is C=C(N)/N=C1/C(C(CC)CCC)=CC(c2ccc(Cc3ccccc3)cc2)=C/C1=C/C. The van der Waals surface area contributed by atoms with Gasteiger partial charge in [-0.25, -0.2) is 4.99 Å². The molecule has 0 amide bonds. The van der Waals surface area contributed by atoms with Crippen LogP contribution >= 0.6 is 0 Å². The number of nitrogens with zero attached hydrogens (tertiary/aromatic N) is 1. The fourth-order valence-electron chi connectivity index (χ4n) is 4.23. The summed E-state index contributed by atoms with van der Waals surface area (Å²) < 4.78 is 0. The van der Waals surface area contributed by atoms with Gasteiger partial charge in [-0.3, -0.25) is 0 Å². The summed E-state index contributed by atoms with van der Waals surface area (Å²) in [4.78, 5) is 4.63. The second-order valence-corrected chi connectivity index (χ2v) is 8.15. The van der Waals surface area contributed by atoms with Crippen molar-refractivity contribution in [3.63, 3.8) is 0 Å². The monoisotopic (exact) mass is 410 g/mol. The third-order valence-electron chi connectivity index (χ3n) is 5.84. The van der Waals surface area contributed by atoms with E-state index in [1.54, 1.807) is 0 Å². The van der Waals surface area contributed by atoms with Gasteiger partial charge in [-0.1, -0.05) is 87.5 Å². The van der Waals surface area contributed by atoms with Gasteiger partial charge in [0.15, 0.2) is 0 Å². The highest BCUT2D eigenvalue weighted by atomic mass is 14.9. The minimum atomic E-state index is 0.355. The molecule has 1 atom stereocenters. The summed E-state index contributed by atoms with van der Waals surface area (Å²) in [5.41, 5.74) is 14.4. The van der Waals surface area contributed by atoms with Gasteiger partial charge in [-0.2, -0.15) is 0 Å². The molecule has 0 aliphatic heterocycles. The molecule has 1 unspecified atom stereocenters. The Bertz CT molecular complexity index is 1020. The zero-order valence-corrected chi connectivity index (χ0v) is 19.1. The van der Waals surface area contributed by atoms with Crippen LogP contribution in [0, 0.1) is 5.92 Å². The van der Waals surface area contributed by atoms with Crippen LogP contribution in [0.3, 0.4) is 0 Å². The van der Waals surface area contributed by atoms with E-state index in [0.29, 0.717) is 11.7 Å². The predicted octanol–water partition coefficient (Wildman–Crippen LogP) is 7.24. The van der Waals surface area contributed by atoms with E-state index in [-0.39, 0.29) is 0 Å². The number of benzene rings is 2. The predicted molar refractivity (Wildman–Crippen MR) is 135 cm³/mol. The molecule has 0 heterocycles. The lowest BCUT2D eigenvalue weighted by Crippen LogP contribution is -2.19. The Morgan fingerprint density at radius 1 is 1.00 bits per heavy atom. The van der Waals surface area contributed by atoms with E-state index in [0.717, 1.165) is 37.0 Å². The van der Waals surface area contributed by atoms with E-state index in [1.165, 1.54) is 27.8 Å². The molecule has 2 aromatic rings. The Balaban J connectivity index is 1.96. The van der Waals surface area contributed by atoms with Crippen LogP contribution in [0.25, 0.3) is 5.57 Å². The lowest BCUT2D eigenvalue weighted by Gasteiger charge is -2.25. The van der Waals surface area contributed by atoms with Crippen molar-refractivity contribution in [2.45, 2.75) is 46.5 Å². The van der Waals surface area contributed by atoms with E-state index in [2.05, 4.69) is 105 Å². The van der Waals surface area contributed by atoms with Crippen molar-refractivity contribution in [3.05, 3.63) is 113 Å². The first-order valence-corrected chi connectivity index (χ1v) is 11.3. The molecule has 0 saturated heterocycles. The minimum Gasteiger partial charge on any atom is -0.384 e. The smallest absolute Gasteiger partial charge is 0.116 e. The molecule has 0 spiro atoms. The Morgan fingerprint density at radius 2 is 1.68 bits per heavy atom. The highest BCUT2D eigenvalue weighted by Crippen LogP contribution is 2.34. The topological polar surface area (TPSA) is 38.4 Å². The number of hydrogen-bond acceptors (Lipinski definition) is 2. The van der Waals surface area contributed by atoms with Crippen molar-refractivity contribution < 1.29 is 0 Å². The summed E-state index contributed by atoms with van der Waals surface area (Å²) in [5.74, 6) is 0.813. The summed E-state index contributed by atoms with van der Waals surface area (Å²) in [6, 6.07) is 19.5. The van der Waals surface area contributed by atoms with Crippen LogP contribution in [0.15, 0.2) is 101 Å². The van der Waals surface area contributed by atoms with Crippen molar-refractivity contribution in [1.82, 2.24) is 0 Å². The van der Waals surface area contributed by atoms with E-state index >= 15 is 0 Å². The number of rotatable bonds is 8. The van der Waals surface area contributed by atoms with Crippen LogP contribution < -0.4 is 5.73 Å². The summed E-state index contributed by atoms with van der Waals surface area (Å²) in [7, 11) is 0. The highest BCUT2D eigenvalue weighted by molar-refractivity contribution is 6.19. The van der Waals surface area contributed by atoms with Crippen molar-refractivity contribution in [3.8, 4) is 0 Å². The lowest BCUT2D eigenvalue weighted by atomic mass is 9.80. The van der Waals surface area contributed by atoms with Crippen LogP contribution in [0.1, 0.15) is 56.7 Å². The fourth-order valence-corrected chi connectivity index (χ4v) is 4.23. The summed E-state index contributed by atoms with van der Waals surface area (Å²) in [6.07, 6.45) is 11.0. The fraction of sp³-hybridized carbons (Fsp3) is 0.276. The number of nitrogens with two attached hydrogens (primary N) is 1. The average molecular weight is 411 g/mol. The molecule has 160 valence electrons. The first-order valence-electron chi connectivity index (χ1n) is 11.3. The molecular weight excluding hydrogens is 376 g/mol. The van der Waals surface area contributed by atoms with Crippen molar-refractivity contribution >= 4 is 11.3 Å². The second kappa shape index (κ2) is 10.8. The van der Waals surface area contributed by atoms with Crippen molar-refractivity contribution in [1.29, 1.82) is 0 Å². The number of aliphatic imine (C=N–C) groups is 1. The molecule has 0 aromatic heterocycles. The first kappa shape index (κ1) is 22.6. The molecule has 1 aliphatic rings. The van der Waals surface area contributed by atoms with Crippen LogP contribution in [0.2, 0.25) is 0 Å². The number of allylic oxidation sites excluding steroid dienone is 6. The Morgan fingerprint density at radius 3 is 2.26 bits per heavy atom. The minimum absolute atomic E-state index is 0.355. The maximum absolute atomic E-state index is 5.89. The van der Waals surface area contributed by atoms with Crippen LogP contribution in [-0.2, 0) is 6.42 Å². The van der Waals surface area contributed by atoms with E-state index in [4.69, 9.17) is 5.73 Å². The summed E-state index contributed by atoms with van der Waals surface area (Å²) >= 11 is 0. The van der Waals surface area contributed by atoms with Gasteiger partial charge in [0.25, 0.3) is 0 Å². The molecule has 2 aromatic carbocycles. The molecule has 0 radical (unpaired) electrons. The Hall–Kier alpha value is -3.13. The van der Waals surface area contributed by atoms with Gasteiger partial charge < -0.3 is 5.73 Å². The van der Waals surface area contributed by atoms with E-state index in [9.17, 15) is 0 Å². The summed E-state index contributed by atoms with van der Waals surface area (Å²) in [6.45, 7) is 10.4. The summed E-state index contributed by atoms with van der Waals surface area (Å²) in [5, 5.41) is 0. The first-order chi connectivity index (χ1) is 15.0. The zero-order valence-electron chi connectivity index (χ0n) is 19.1. The third-order valence-corrected chi connectivity index (χ3v) is 5.84. The molecule has 0 saturated carbocycles. The van der Waals surface area contributed by atoms with Crippen molar-refractivity contribution in [2.75, 3.05) is 0 Å². The van der Waals surface area contributed by atoms with Crippen molar-refractivity contribution in [2.24, 2.45) is 16.6 Å². The van der Waals surface area contributed by atoms with Gasteiger partial charge in [-0.15, -0.1) is 0 Å². The molecule has 2 heteroatoms.